The second-order valence-electron chi connectivity index (χ2n) is 5.74. The van der Waals surface area contributed by atoms with Crippen LogP contribution in [0.15, 0.2) is 30.3 Å². The fourth-order valence-corrected chi connectivity index (χ4v) is 3.00. The largest absolute Gasteiger partial charge is 0.351 e. The van der Waals surface area contributed by atoms with Crippen molar-refractivity contribution in [3.8, 4) is 0 Å². The molecular weight excluding hydrogens is 250 g/mol. The molecule has 1 aromatic heterocycles. The molecule has 3 rings (SSSR count). The van der Waals surface area contributed by atoms with Crippen molar-refractivity contribution in [3.05, 3.63) is 36.0 Å². The molecule has 2 aromatic rings. The van der Waals surface area contributed by atoms with Crippen LogP contribution in [0.3, 0.4) is 0 Å². The number of benzene rings is 1. The lowest BCUT2D eigenvalue weighted by atomic mass is 10.0. The first-order valence-electron chi connectivity index (χ1n) is 7.18. The Balaban J connectivity index is 1.80. The molecule has 1 aliphatic rings. The van der Waals surface area contributed by atoms with Crippen LogP contribution in [0.4, 0.5) is 0 Å². The van der Waals surface area contributed by atoms with Crippen LogP contribution in [0, 0.1) is 0 Å². The predicted octanol–water partition coefficient (Wildman–Crippen LogP) is 2.33. The number of likely N-dealkylation sites (N-methyl/N-ethyl adjacent to an activating group) is 2. The molecule has 0 aliphatic carbocycles. The average Bonchev–Trinajstić information content (AvgIpc) is 2.89. The van der Waals surface area contributed by atoms with Gasteiger partial charge in [0.25, 0.3) is 5.91 Å². The van der Waals surface area contributed by atoms with E-state index in [-0.39, 0.29) is 5.91 Å². The van der Waals surface area contributed by atoms with Gasteiger partial charge in [-0.05, 0) is 38.6 Å². The number of likely N-dealkylation sites (tertiary alicyclic amines) is 1. The third-order valence-electron chi connectivity index (χ3n) is 4.23. The van der Waals surface area contributed by atoms with E-state index in [1.54, 1.807) is 0 Å². The third-order valence-corrected chi connectivity index (χ3v) is 4.23. The predicted molar refractivity (Wildman–Crippen MR) is 80.9 cm³/mol. The third kappa shape index (κ3) is 2.43. The molecule has 0 bridgehead atoms. The number of rotatable bonds is 2. The maximum absolute atomic E-state index is 12.6. The standard InChI is InChI=1S/C16H21N3O/c1-18-9-5-7-13(11-18)19(2)16(20)15-10-12-6-3-4-8-14(12)17-15/h3-4,6,8,10,13,17H,5,7,9,11H2,1-2H3. The smallest absolute Gasteiger partial charge is 0.270 e. The van der Waals surface area contributed by atoms with Gasteiger partial charge in [0.05, 0.1) is 0 Å². The number of hydrogen-bond donors (Lipinski definition) is 1. The molecule has 106 valence electrons. The quantitative estimate of drug-likeness (QED) is 0.910. The molecule has 4 nitrogen and oxygen atoms in total. The zero-order valence-corrected chi connectivity index (χ0v) is 12.1. The Morgan fingerprint density at radius 3 is 2.95 bits per heavy atom. The Morgan fingerprint density at radius 1 is 1.40 bits per heavy atom. The maximum atomic E-state index is 12.6. The second-order valence-corrected chi connectivity index (χ2v) is 5.74. The summed E-state index contributed by atoms with van der Waals surface area (Å²) in [6, 6.07) is 10.3. The Hall–Kier alpha value is -1.81. The summed E-state index contributed by atoms with van der Waals surface area (Å²) in [5.41, 5.74) is 1.70. The van der Waals surface area contributed by atoms with E-state index in [4.69, 9.17) is 0 Å². The molecule has 20 heavy (non-hydrogen) atoms. The number of H-pyrrole nitrogens is 1. The van der Waals surface area contributed by atoms with E-state index in [1.807, 2.05) is 42.3 Å². The van der Waals surface area contributed by atoms with Gasteiger partial charge >= 0.3 is 0 Å². The van der Waals surface area contributed by atoms with Crippen molar-refractivity contribution in [3.63, 3.8) is 0 Å². The molecule has 1 saturated heterocycles. The normalized spacial score (nSPS) is 20.2. The van der Waals surface area contributed by atoms with Gasteiger partial charge in [0.1, 0.15) is 5.69 Å². The second kappa shape index (κ2) is 5.29. The lowest BCUT2D eigenvalue weighted by Crippen LogP contribution is -2.47. The van der Waals surface area contributed by atoms with Gasteiger partial charge in [0.2, 0.25) is 0 Å². The SMILES string of the molecule is CN1CCCC(N(C)C(=O)c2cc3ccccc3[nH]2)C1. The number of carbonyl (C=O) groups is 1. The van der Waals surface area contributed by atoms with Crippen molar-refractivity contribution in [2.24, 2.45) is 0 Å². The number of amides is 1. The van der Waals surface area contributed by atoms with Crippen molar-refractivity contribution >= 4 is 16.8 Å². The molecule has 1 N–H and O–H groups in total. The van der Waals surface area contributed by atoms with Crippen molar-refractivity contribution in [2.75, 3.05) is 27.2 Å². The average molecular weight is 271 g/mol. The van der Waals surface area contributed by atoms with E-state index in [0.717, 1.165) is 36.8 Å². The summed E-state index contributed by atoms with van der Waals surface area (Å²) in [4.78, 5) is 20.0. The summed E-state index contributed by atoms with van der Waals surface area (Å²) in [5.74, 6) is 0.0847. The highest BCUT2D eigenvalue weighted by atomic mass is 16.2. The van der Waals surface area contributed by atoms with Crippen LogP contribution in [-0.2, 0) is 0 Å². The van der Waals surface area contributed by atoms with E-state index in [1.165, 1.54) is 0 Å². The Morgan fingerprint density at radius 2 is 2.20 bits per heavy atom. The van der Waals surface area contributed by atoms with Crippen LogP contribution in [0.5, 0.6) is 0 Å². The number of carbonyl (C=O) groups excluding carboxylic acids is 1. The van der Waals surface area contributed by atoms with Gasteiger partial charge in [-0.25, -0.2) is 0 Å². The number of aromatic amines is 1. The van der Waals surface area contributed by atoms with Crippen LogP contribution in [0.25, 0.3) is 10.9 Å². The zero-order valence-electron chi connectivity index (χ0n) is 12.1. The van der Waals surface area contributed by atoms with Gasteiger partial charge in [-0.15, -0.1) is 0 Å². The first-order chi connectivity index (χ1) is 9.65. The minimum absolute atomic E-state index is 0.0847. The highest BCUT2D eigenvalue weighted by molar-refractivity contribution is 5.98. The molecular formula is C16H21N3O. The van der Waals surface area contributed by atoms with Gasteiger partial charge in [-0.1, -0.05) is 18.2 Å². The van der Waals surface area contributed by atoms with Crippen LogP contribution < -0.4 is 0 Å². The van der Waals surface area contributed by atoms with Gasteiger partial charge in [0.15, 0.2) is 0 Å². The van der Waals surface area contributed by atoms with Crippen molar-refractivity contribution < 1.29 is 4.79 Å². The fraction of sp³-hybridized carbons (Fsp3) is 0.438. The lowest BCUT2D eigenvalue weighted by Gasteiger charge is -2.35. The topological polar surface area (TPSA) is 39.3 Å². The molecule has 2 heterocycles. The lowest BCUT2D eigenvalue weighted by molar-refractivity contribution is 0.0639. The molecule has 0 radical (unpaired) electrons. The minimum atomic E-state index is 0.0847. The zero-order chi connectivity index (χ0) is 14.1. The van der Waals surface area contributed by atoms with Gasteiger partial charge in [-0.3, -0.25) is 4.79 Å². The number of nitrogens with zero attached hydrogens (tertiary/aromatic N) is 2. The molecule has 0 spiro atoms. The summed E-state index contributed by atoms with van der Waals surface area (Å²) in [6.07, 6.45) is 2.25. The summed E-state index contributed by atoms with van der Waals surface area (Å²) in [7, 11) is 4.03. The number of fused-ring (bicyclic) bond motifs is 1. The summed E-state index contributed by atoms with van der Waals surface area (Å²) >= 11 is 0. The minimum Gasteiger partial charge on any atom is -0.351 e. The molecule has 1 fully saturated rings. The van der Waals surface area contributed by atoms with Crippen molar-refractivity contribution in [1.29, 1.82) is 0 Å². The number of piperidine rings is 1. The van der Waals surface area contributed by atoms with Crippen LogP contribution >= 0.6 is 0 Å². The van der Waals surface area contributed by atoms with Gasteiger partial charge in [0, 0.05) is 30.5 Å². The Bertz CT molecular complexity index is 586. The number of hydrogen-bond acceptors (Lipinski definition) is 2. The highest BCUT2D eigenvalue weighted by Crippen LogP contribution is 2.19. The Kier molecular flexibility index (Phi) is 3.49. The van der Waals surface area contributed by atoms with Crippen LogP contribution in [0.1, 0.15) is 23.3 Å². The maximum Gasteiger partial charge on any atom is 0.270 e. The summed E-state index contributed by atoms with van der Waals surface area (Å²) < 4.78 is 0. The van der Waals surface area contributed by atoms with E-state index in [2.05, 4.69) is 16.9 Å². The first-order valence-corrected chi connectivity index (χ1v) is 7.18. The first kappa shape index (κ1) is 13.2. The molecule has 4 heteroatoms. The fourth-order valence-electron chi connectivity index (χ4n) is 3.00. The van der Waals surface area contributed by atoms with Crippen molar-refractivity contribution in [2.45, 2.75) is 18.9 Å². The molecule has 0 saturated carbocycles. The van der Waals surface area contributed by atoms with E-state index < -0.39 is 0 Å². The molecule has 1 aliphatic heterocycles. The van der Waals surface area contributed by atoms with E-state index in [0.29, 0.717) is 11.7 Å². The van der Waals surface area contributed by atoms with Crippen LogP contribution in [0.2, 0.25) is 0 Å². The summed E-state index contributed by atoms with van der Waals surface area (Å²) in [5, 5.41) is 1.09. The van der Waals surface area contributed by atoms with Gasteiger partial charge < -0.3 is 14.8 Å². The molecule has 1 aromatic carbocycles. The van der Waals surface area contributed by atoms with Gasteiger partial charge in [-0.2, -0.15) is 0 Å². The monoisotopic (exact) mass is 271 g/mol. The summed E-state index contributed by atoms with van der Waals surface area (Å²) in [6.45, 7) is 2.09. The van der Waals surface area contributed by atoms with E-state index >= 15 is 0 Å². The van der Waals surface area contributed by atoms with E-state index in [9.17, 15) is 4.79 Å². The molecule has 1 unspecified atom stereocenters. The molecule has 1 amide bonds. The van der Waals surface area contributed by atoms with Crippen molar-refractivity contribution in [1.82, 2.24) is 14.8 Å². The van der Waals surface area contributed by atoms with Crippen LogP contribution in [-0.4, -0.2) is 53.9 Å². The number of aromatic nitrogens is 1. The number of nitrogens with one attached hydrogen (secondary N) is 1. The Labute approximate surface area is 119 Å². The number of para-hydroxylation sites is 1. The highest BCUT2D eigenvalue weighted by Gasteiger charge is 2.25. The molecule has 1 atom stereocenters.